The van der Waals surface area contributed by atoms with Crippen molar-refractivity contribution >= 4 is 17.8 Å². The molecule has 0 aliphatic carbocycles. The third-order valence-electron chi connectivity index (χ3n) is 4.06. The van der Waals surface area contributed by atoms with Crippen molar-refractivity contribution in [2.24, 2.45) is 5.16 Å². The van der Waals surface area contributed by atoms with Crippen molar-refractivity contribution in [3.05, 3.63) is 47.5 Å². The Balaban J connectivity index is 1.89. The highest BCUT2D eigenvalue weighted by molar-refractivity contribution is 6.05. The number of rotatable bonds is 6. The monoisotopic (exact) mass is 356 g/mol. The van der Waals surface area contributed by atoms with Gasteiger partial charge in [0.1, 0.15) is 0 Å². The number of oxime groups is 1. The second-order valence-corrected chi connectivity index (χ2v) is 5.57. The van der Waals surface area contributed by atoms with Crippen molar-refractivity contribution in [1.82, 2.24) is 0 Å². The van der Waals surface area contributed by atoms with Crippen LogP contribution in [0.5, 0.6) is 17.2 Å². The molecule has 1 atom stereocenters. The minimum Gasteiger partial charge on any atom is -0.493 e. The van der Waals surface area contributed by atoms with Gasteiger partial charge in [-0.05, 0) is 18.2 Å². The molecule has 0 aromatic heterocycles. The van der Waals surface area contributed by atoms with Gasteiger partial charge in [0.15, 0.2) is 17.6 Å². The van der Waals surface area contributed by atoms with Crippen LogP contribution in [0.25, 0.3) is 0 Å². The highest BCUT2D eigenvalue weighted by Gasteiger charge is 2.22. The molecule has 0 saturated heterocycles. The average Bonchev–Trinajstić information content (AvgIpc) is 3.21. The van der Waals surface area contributed by atoms with E-state index in [1.54, 1.807) is 18.3 Å². The first-order chi connectivity index (χ1) is 12.7. The van der Waals surface area contributed by atoms with E-state index < -0.39 is 0 Å². The van der Waals surface area contributed by atoms with Crippen molar-refractivity contribution in [3.63, 3.8) is 0 Å². The summed E-state index contributed by atoms with van der Waals surface area (Å²) >= 11 is 0. The molecule has 1 heterocycles. The zero-order valence-electron chi connectivity index (χ0n) is 14.8. The standard InChI is InChI=1S/C19H20N2O5/c1-23-16-10-12(11-17(24-2)18(16)25-3)19(22)21-14-7-5-4-6-13(14)15-8-9-20-26-15/h4-7,9-11,15H,8H2,1-3H3,(H,21,22). The van der Waals surface area contributed by atoms with Crippen LogP contribution in [0.2, 0.25) is 0 Å². The lowest BCUT2D eigenvalue weighted by atomic mass is 10.0. The topological polar surface area (TPSA) is 78.4 Å². The Morgan fingerprint density at radius 3 is 2.38 bits per heavy atom. The summed E-state index contributed by atoms with van der Waals surface area (Å²) in [6, 6.07) is 10.7. The molecule has 3 rings (SSSR count). The lowest BCUT2D eigenvalue weighted by molar-refractivity contribution is 0.0861. The van der Waals surface area contributed by atoms with Crippen molar-refractivity contribution in [1.29, 1.82) is 0 Å². The third-order valence-corrected chi connectivity index (χ3v) is 4.06. The predicted molar refractivity (Wildman–Crippen MR) is 97.4 cm³/mol. The van der Waals surface area contributed by atoms with Gasteiger partial charge < -0.3 is 24.4 Å². The molecule has 0 fully saturated rings. The Morgan fingerprint density at radius 2 is 1.81 bits per heavy atom. The fourth-order valence-corrected chi connectivity index (χ4v) is 2.78. The van der Waals surface area contributed by atoms with Gasteiger partial charge in [0.25, 0.3) is 5.91 Å². The molecule has 1 aliphatic heterocycles. The molecule has 0 spiro atoms. The quantitative estimate of drug-likeness (QED) is 0.858. The first kappa shape index (κ1) is 17.6. The lowest BCUT2D eigenvalue weighted by Crippen LogP contribution is -2.15. The highest BCUT2D eigenvalue weighted by Crippen LogP contribution is 2.38. The van der Waals surface area contributed by atoms with Gasteiger partial charge in [-0.1, -0.05) is 23.4 Å². The zero-order valence-corrected chi connectivity index (χ0v) is 14.8. The Hall–Kier alpha value is -3.22. The van der Waals surface area contributed by atoms with Gasteiger partial charge in [0.05, 0.1) is 21.3 Å². The van der Waals surface area contributed by atoms with Crippen molar-refractivity contribution < 1.29 is 23.8 Å². The van der Waals surface area contributed by atoms with Gasteiger partial charge in [-0.3, -0.25) is 4.79 Å². The molecule has 2 aromatic rings. The number of nitrogens with zero attached hydrogens (tertiary/aromatic N) is 1. The van der Waals surface area contributed by atoms with Crippen LogP contribution in [0.15, 0.2) is 41.6 Å². The zero-order chi connectivity index (χ0) is 18.5. The lowest BCUT2D eigenvalue weighted by Gasteiger charge is -2.16. The van der Waals surface area contributed by atoms with E-state index in [2.05, 4.69) is 10.5 Å². The van der Waals surface area contributed by atoms with E-state index in [0.29, 0.717) is 34.9 Å². The van der Waals surface area contributed by atoms with Crippen LogP contribution < -0.4 is 19.5 Å². The molecule has 1 aliphatic rings. The number of carbonyl (C=O) groups is 1. The molecule has 1 amide bonds. The van der Waals surface area contributed by atoms with E-state index in [1.165, 1.54) is 21.3 Å². The number of nitrogens with one attached hydrogen (secondary N) is 1. The molecule has 7 nitrogen and oxygen atoms in total. The molecular formula is C19H20N2O5. The fraction of sp³-hybridized carbons (Fsp3) is 0.263. The normalized spacial score (nSPS) is 15.3. The largest absolute Gasteiger partial charge is 0.493 e. The van der Waals surface area contributed by atoms with E-state index in [-0.39, 0.29) is 12.0 Å². The number of carbonyl (C=O) groups excluding carboxylic acids is 1. The Morgan fingerprint density at radius 1 is 1.12 bits per heavy atom. The minimum absolute atomic E-state index is 0.202. The molecule has 0 radical (unpaired) electrons. The molecule has 136 valence electrons. The third kappa shape index (κ3) is 3.42. The fourth-order valence-electron chi connectivity index (χ4n) is 2.78. The second-order valence-electron chi connectivity index (χ2n) is 5.57. The van der Waals surface area contributed by atoms with E-state index in [0.717, 1.165) is 5.56 Å². The number of anilines is 1. The summed E-state index contributed by atoms with van der Waals surface area (Å²) in [5.74, 6) is 0.967. The van der Waals surface area contributed by atoms with E-state index in [9.17, 15) is 4.79 Å². The van der Waals surface area contributed by atoms with Gasteiger partial charge in [-0.2, -0.15) is 0 Å². The SMILES string of the molecule is COc1cc(C(=O)Nc2ccccc2C2CC=NO2)cc(OC)c1OC. The number of benzene rings is 2. The van der Waals surface area contributed by atoms with Gasteiger partial charge in [0.2, 0.25) is 5.75 Å². The number of amides is 1. The van der Waals surface area contributed by atoms with Crippen LogP contribution in [-0.4, -0.2) is 33.5 Å². The Kier molecular flexibility index (Phi) is 5.26. The summed E-state index contributed by atoms with van der Waals surface area (Å²) in [6.07, 6.45) is 2.17. The summed E-state index contributed by atoms with van der Waals surface area (Å²) in [5, 5.41) is 6.72. The molecule has 7 heteroatoms. The van der Waals surface area contributed by atoms with Crippen molar-refractivity contribution in [2.45, 2.75) is 12.5 Å². The maximum atomic E-state index is 12.8. The summed E-state index contributed by atoms with van der Waals surface area (Å²) in [7, 11) is 4.53. The molecular weight excluding hydrogens is 336 g/mol. The summed E-state index contributed by atoms with van der Waals surface area (Å²) in [4.78, 5) is 18.1. The maximum absolute atomic E-state index is 12.8. The van der Waals surface area contributed by atoms with Crippen molar-refractivity contribution in [3.8, 4) is 17.2 Å². The van der Waals surface area contributed by atoms with Crippen molar-refractivity contribution in [2.75, 3.05) is 26.6 Å². The van der Waals surface area contributed by atoms with E-state index >= 15 is 0 Å². The van der Waals surface area contributed by atoms with Crippen LogP contribution in [-0.2, 0) is 4.84 Å². The predicted octanol–water partition coefficient (Wildman–Crippen LogP) is 3.41. The smallest absolute Gasteiger partial charge is 0.255 e. The number of hydrogen-bond donors (Lipinski definition) is 1. The van der Waals surface area contributed by atoms with Gasteiger partial charge in [-0.15, -0.1) is 0 Å². The average molecular weight is 356 g/mol. The first-order valence-electron chi connectivity index (χ1n) is 8.05. The Labute approximate surface area is 151 Å². The first-order valence-corrected chi connectivity index (χ1v) is 8.05. The van der Waals surface area contributed by atoms with Crippen LogP contribution in [0, 0.1) is 0 Å². The second kappa shape index (κ2) is 7.77. The summed E-state index contributed by atoms with van der Waals surface area (Å²) in [6.45, 7) is 0. The molecule has 1 N–H and O–H groups in total. The van der Waals surface area contributed by atoms with Gasteiger partial charge >= 0.3 is 0 Å². The molecule has 2 aromatic carbocycles. The number of hydrogen-bond acceptors (Lipinski definition) is 6. The van der Waals surface area contributed by atoms with Crippen LogP contribution in [0.1, 0.15) is 28.4 Å². The molecule has 1 unspecified atom stereocenters. The molecule has 0 saturated carbocycles. The minimum atomic E-state index is -0.296. The van der Waals surface area contributed by atoms with E-state index in [1.807, 2.05) is 24.3 Å². The van der Waals surface area contributed by atoms with E-state index in [4.69, 9.17) is 19.0 Å². The maximum Gasteiger partial charge on any atom is 0.255 e. The summed E-state index contributed by atoms with van der Waals surface area (Å²) < 4.78 is 15.9. The molecule has 0 bridgehead atoms. The summed E-state index contributed by atoms with van der Waals surface area (Å²) in [5.41, 5.74) is 1.92. The van der Waals surface area contributed by atoms with Gasteiger partial charge in [-0.25, -0.2) is 0 Å². The van der Waals surface area contributed by atoms with Crippen LogP contribution in [0.3, 0.4) is 0 Å². The number of methoxy groups -OCH3 is 3. The van der Waals surface area contributed by atoms with Crippen LogP contribution >= 0.6 is 0 Å². The Bertz CT molecular complexity index is 801. The molecule has 26 heavy (non-hydrogen) atoms. The number of ether oxygens (including phenoxy) is 3. The van der Waals surface area contributed by atoms with Gasteiger partial charge in [0, 0.05) is 29.4 Å². The van der Waals surface area contributed by atoms with Crippen LogP contribution in [0.4, 0.5) is 5.69 Å². The highest BCUT2D eigenvalue weighted by atomic mass is 16.6. The number of para-hydroxylation sites is 1.